The third-order valence-corrected chi connectivity index (χ3v) is 4.50. The number of nitrogens with zero attached hydrogens (tertiary/aromatic N) is 1. The van der Waals surface area contributed by atoms with E-state index < -0.39 is 0 Å². The molecule has 0 aliphatic carbocycles. The molecule has 4 nitrogen and oxygen atoms in total. The minimum absolute atomic E-state index is 0.0609. The monoisotopic (exact) mass is 339 g/mol. The molecule has 1 amide bonds. The Morgan fingerprint density at radius 3 is 2.67 bits per heavy atom. The van der Waals surface area contributed by atoms with Gasteiger partial charge in [0.15, 0.2) is 0 Å². The molecule has 0 bridgehead atoms. The van der Waals surface area contributed by atoms with Gasteiger partial charge in [0.2, 0.25) is 5.91 Å². The van der Waals surface area contributed by atoms with E-state index in [1.165, 1.54) is 5.56 Å². The van der Waals surface area contributed by atoms with Gasteiger partial charge < -0.3 is 10.3 Å². The highest BCUT2D eigenvalue weighted by atomic mass is 32.2. The number of carbonyl (C=O) groups is 1. The molecule has 0 aliphatic heterocycles. The summed E-state index contributed by atoms with van der Waals surface area (Å²) >= 11 is 1.68. The van der Waals surface area contributed by atoms with Crippen molar-refractivity contribution in [1.82, 2.24) is 15.3 Å². The van der Waals surface area contributed by atoms with Crippen LogP contribution in [0.2, 0.25) is 0 Å². The van der Waals surface area contributed by atoms with Crippen LogP contribution in [0.5, 0.6) is 0 Å². The van der Waals surface area contributed by atoms with Crippen molar-refractivity contribution in [3.63, 3.8) is 0 Å². The van der Waals surface area contributed by atoms with Gasteiger partial charge in [0.05, 0.1) is 17.1 Å². The summed E-state index contributed by atoms with van der Waals surface area (Å²) in [5.41, 5.74) is 3.08. The van der Waals surface area contributed by atoms with E-state index in [0.29, 0.717) is 12.8 Å². The number of benzene rings is 2. The van der Waals surface area contributed by atoms with E-state index in [1.807, 2.05) is 48.7 Å². The fraction of sp³-hybridized carbons (Fsp3) is 0.263. The highest BCUT2D eigenvalue weighted by molar-refractivity contribution is 7.98. The van der Waals surface area contributed by atoms with E-state index in [4.69, 9.17) is 0 Å². The van der Waals surface area contributed by atoms with Crippen LogP contribution in [-0.4, -0.2) is 27.9 Å². The molecule has 2 N–H and O–H groups in total. The van der Waals surface area contributed by atoms with Gasteiger partial charge in [-0.3, -0.25) is 4.79 Å². The Morgan fingerprint density at radius 2 is 1.92 bits per heavy atom. The summed E-state index contributed by atoms with van der Waals surface area (Å²) in [6.07, 6.45) is 3.24. The predicted octanol–water partition coefficient (Wildman–Crippen LogP) is 3.72. The summed E-state index contributed by atoms with van der Waals surface area (Å²) in [6.45, 7) is 0. The average molecular weight is 339 g/mol. The first kappa shape index (κ1) is 16.6. The molecule has 1 heterocycles. The van der Waals surface area contributed by atoms with E-state index in [1.54, 1.807) is 11.8 Å². The summed E-state index contributed by atoms with van der Waals surface area (Å²) in [7, 11) is 0. The van der Waals surface area contributed by atoms with Crippen molar-refractivity contribution in [2.45, 2.75) is 18.9 Å². The lowest BCUT2D eigenvalue weighted by Gasteiger charge is -2.17. The van der Waals surface area contributed by atoms with Crippen molar-refractivity contribution >= 4 is 28.7 Å². The number of nitrogens with one attached hydrogen (secondary N) is 2. The third kappa shape index (κ3) is 4.17. The molecule has 3 rings (SSSR count). The van der Waals surface area contributed by atoms with Crippen molar-refractivity contribution in [2.75, 3.05) is 12.0 Å². The maximum Gasteiger partial charge on any atom is 0.221 e. The number of aromatic amines is 1. The van der Waals surface area contributed by atoms with E-state index in [-0.39, 0.29) is 11.9 Å². The number of para-hydroxylation sites is 2. The first-order chi connectivity index (χ1) is 11.8. The normalized spacial score (nSPS) is 12.2. The van der Waals surface area contributed by atoms with Crippen molar-refractivity contribution in [3.05, 3.63) is 66.0 Å². The Bertz CT molecular complexity index is 767. The van der Waals surface area contributed by atoms with E-state index in [0.717, 1.165) is 22.6 Å². The lowest BCUT2D eigenvalue weighted by molar-refractivity contribution is -0.121. The summed E-state index contributed by atoms with van der Waals surface area (Å²) in [4.78, 5) is 20.2. The number of imidazole rings is 1. The van der Waals surface area contributed by atoms with Gasteiger partial charge in [0.1, 0.15) is 5.82 Å². The fourth-order valence-electron chi connectivity index (χ4n) is 2.66. The predicted molar refractivity (Wildman–Crippen MR) is 100 cm³/mol. The average Bonchev–Trinajstić information content (AvgIpc) is 3.04. The molecule has 24 heavy (non-hydrogen) atoms. The van der Waals surface area contributed by atoms with Gasteiger partial charge in [-0.2, -0.15) is 11.8 Å². The van der Waals surface area contributed by atoms with Crippen LogP contribution in [0.25, 0.3) is 11.0 Å². The SMILES string of the molecule is CSCCC(=O)N[C@@H](Cc1ccccc1)c1nc2ccccc2[nH]1. The molecule has 0 saturated carbocycles. The molecule has 2 aromatic carbocycles. The molecule has 0 radical (unpaired) electrons. The Balaban J connectivity index is 1.84. The van der Waals surface area contributed by atoms with Crippen molar-refractivity contribution < 1.29 is 4.79 Å². The zero-order valence-corrected chi connectivity index (χ0v) is 14.5. The largest absolute Gasteiger partial charge is 0.346 e. The quantitative estimate of drug-likeness (QED) is 0.690. The van der Waals surface area contributed by atoms with Gasteiger partial charge in [-0.05, 0) is 30.4 Å². The number of hydrogen-bond donors (Lipinski definition) is 2. The first-order valence-corrected chi connectivity index (χ1v) is 9.42. The molecule has 0 aliphatic rings. The zero-order valence-electron chi connectivity index (χ0n) is 13.7. The maximum absolute atomic E-state index is 12.2. The van der Waals surface area contributed by atoms with Gasteiger partial charge in [0, 0.05) is 12.2 Å². The van der Waals surface area contributed by atoms with E-state index in [2.05, 4.69) is 27.4 Å². The zero-order chi connectivity index (χ0) is 16.8. The summed E-state index contributed by atoms with van der Waals surface area (Å²) in [5.74, 6) is 1.69. The highest BCUT2D eigenvalue weighted by Gasteiger charge is 2.18. The van der Waals surface area contributed by atoms with Gasteiger partial charge >= 0.3 is 0 Å². The molecule has 1 aromatic heterocycles. The summed E-state index contributed by atoms with van der Waals surface area (Å²) in [6, 6.07) is 17.9. The van der Waals surface area contributed by atoms with Gasteiger partial charge in [0.25, 0.3) is 0 Å². The first-order valence-electron chi connectivity index (χ1n) is 8.03. The van der Waals surface area contributed by atoms with Crippen LogP contribution < -0.4 is 5.32 Å². The molecular formula is C19H21N3OS. The molecule has 0 unspecified atom stereocenters. The number of aromatic nitrogens is 2. The minimum atomic E-state index is -0.158. The Morgan fingerprint density at radius 1 is 1.17 bits per heavy atom. The third-order valence-electron chi connectivity index (χ3n) is 3.89. The topological polar surface area (TPSA) is 57.8 Å². The smallest absolute Gasteiger partial charge is 0.221 e. The minimum Gasteiger partial charge on any atom is -0.346 e. The molecule has 3 aromatic rings. The molecule has 5 heteroatoms. The summed E-state index contributed by atoms with van der Waals surface area (Å²) < 4.78 is 0. The molecule has 0 spiro atoms. The number of carbonyl (C=O) groups excluding carboxylic acids is 1. The number of amides is 1. The number of H-pyrrole nitrogens is 1. The van der Waals surface area contributed by atoms with Gasteiger partial charge in [-0.15, -0.1) is 0 Å². The number of fused-ring (bicyclic) bond motifs is 1. The number of rotatable bonds is 7. The lowest BCUT2D eigenvalue weighted by atomic mass is 10.1. The second-order valence-electron chi connectivity index (χ2n) is 5.69. The van der Waals surface area contributed by atoms with Crippen LogP contribution in [0.1, 0.15) is 23.9 Å². The van der Waals surface area contributed by atoms with Crippen LogP contribution in [0.3, 0.4) is 0 Å². The number of hydrogen-bond acceptors (Lipinski definition) is 3. The lowest BCUT2D eigenvalue weighted by Crippen LogP contribution is -2.31. The van der Waals surface area contributed by atoms with E-state index >= 15 is 0 Å². The van der Waals surface area contributed by atoms with Gasteiger partial charge in [-0.1, -0.05) is 42.5 Å². The number of thioether (sulfide) groups is 1. The standard InChI is InChI=1S/C19H21N3OS/c1-24-12-11-18(23)20-17(13-14-7-3-2-4-8-14)19-21-15-9-5-6-10-16(15)22-19/h2-10,17H,11-13H2,1H3,(H,20,23)(H,21,22)/t17-/m0/s1. The van der Waals surface area contributed by atoms with Crippen molar-refractivity contribution in [3.8, 4) is 0 Å². The van der Waals surface area contributed by atoms with Crippen LogP contribution in [0.4, 0.5) is 0 Å². The maximum atomic E-state index is 12.2. The highest BCUT2D eigenvalue weighted by Crippen LogP contribution is 2.20. The molecular weight excluding hydrogens is 318 g/mol. The fourth-order valence-corrected chi connectivity index (χ4v) is 3.05. The Hall–Kier alpha value is -2.27. The molecule has 0 saturated heterocycles. The molecule has 124 valence electrons. The van der Waals surface area contributed by atoms with Crippen molar-refractivity contribution in [2.24, 2.45) is 0 Å². The van der Waals surface area contributed by atoms with Gasteiger partial charge in [-0.25, -0.2) is 4.98 Å². The second-order valence-corrected chi connectivity index (χ2v) is 6.68. The molecule has 1 atom stereocenters. The van der Waals surface area contributed by atoms with Crippen LogP contribution >= 0.6 is 11.8 Å². The Labute approximate surface area is 146 Å². The Kier molecular flexibility index (Phi) is 5.54. The van der Waals surface area contributed by atoms with Crippen LogP contribution in [0.15, 0.2) is 54.6 Å². The second kappa shape index (κ2) is 8.02. The summed E-state index contributed by atoms with van der Waals surface area (Å²) in [5, 5.41) is 3.13. The van der Waals surface area contributed by atoms with Crippen molar-refractivity contribution in [1.29, 1.82) is 0 Å². The van der Waals surface area contributed by atoms with E-state index in [9.17, 15) is 4.79 Å². The van der Waals surface area contributed by atoms with Crippen LogP contribution in [-0.2, 0) is 11.2 Å². The molecule has 0 fully saturated rings. The van der Waals surface area contributed by atoms with Crippen LogP contribution in [0, 0.1) is 0 Å².